The minimum atomic E-state index is 0.628. The maximum atomic E-state index is 5.27. The molecule has 0 aromatic heterocycles. The quantitative estimate of drug-likeness (QED) is 0.488. The zero-order valence-corrected chi connectivity index (χ0v) is 4.09. The van der Waals surface area contributed by atoms with Gasteiger partial charge in [-0.05, 0) is 5.57 Å². The van der Waals surface area contributed by atoms with Crippen LogP contribution in [0.1, 0.15) is 0 Å². The van der Waals surface area contributed by atoms with E-state index in [2.05, 4.69) is 4.99 Å². The molecule has 0 bridgehead atoms. The Labute approximate surface area is 42.7 Å². The van der Waals surface area contributed by atoms with E-state index in [0.29, 0.717) is 6.54 Å². The van der Waals surface area contributed by atoms with Gasteiger partial charge in [0, 0.05) is 12.8 Å². The van der Waals surface area contributed by atoms with Gasteiger partial charge in [-0.2, -0.15) is 0 Å². The van der Waals surface area contributed by atoms with E-state index >= 15 is 0 Å². The fourth-order valence-corrected chi connectivity index (χ4v) is 0.529. The van der Waals surface area contributed by atoms with E-state index in [0.717, 1.165) is 12.1 Å². The maximum absolute atomic E-state index is 5.27. The topological polar surface area (TPSA) is 38.4 Å². The van der Waals surface area contributed by atoms with Crippen molar-refractivity contribution in [3.63, 3.8) is 0 Å². The Bertz CT molecular complexity index is 113. The van der Waals surface area contributed by atoms with Crippen molar-refractivity contribution in [2.75, 3.05) is 13.1 Å². The Morgan fingerprint density at radius 1 is 1.86 bits per heavy atom. The van der Waals surface area contributed by atoms with Gasteiger partial charge in [0.1, 0.15) is 0 Å². The zero-order chi connectivity index (χ0) is 5.11. The lowest BCUT2D eigenvalue weighted by atomic mass is 10.3. The third kappa shape index (κ3) is 0.871. The molecule has 7 heavy (non-hydrogen) atoms. The van der Waals surface area contributed by atoms with E-state index in [1.54, 1.807) is 0 Å². The van der Waals surface area contributed by atoms with Crippen LogP contribution < -0.4 is 5.73 Å². The average Bonchev–Trinajstić information content (AvgIpc) is 2.14. The van der Waals surface area contributed by atoms with E-state index in [1.165, 1.54) is 0 Å². The van der Waals surface area contributed by atoms with Crippen molar-refractivity contribution in [1.82, 2.24) is 0 Å². The molecule has 2 nitrogen and oxygen atoms in total. The van der Waals surface area contributed by atoms with E-state index in [-0.39, 0.29) is 0 Å². The van der Waals surface area contributed by atoms with Crippen LogP contribution in [0.4, 0.5) is 0 Å². The van der Waals surface area contributed by atoms with Crippen LogP contribution in [0.5, 0.6) is 0 Å². The molecule has 2 heteroatoms. The van der Waals surface area contributed by atoms with Gasteiger partial charge in [0.05, 0.1) is 6.54 Å². The number of nitrogens with zero attached hydrogens (tertiary/aromatic N) is 1. The van der Waals surface area contributed by atoms with Gasteiger partial charge in [-0.3, -0.25) is 4.99 Å². The summed E-state index contributed by atoms with van der Waals surface area (Å²) in [5, 5.41) is 0. The predicted molar refractivity (Wildman–Crippen MR) is 30.5 cm³/mol. The molecule has 1 heterocycles. The van der Waals surface area contributed by atoms with Crippen LogP contribution in [-0.2, 0) is 0 Å². The fraction of sp³-hybridized carbons (Fsp3) is 0.400. The van der Waals surface area contributed by atoms with Crippen LogP contribution in [0.2, 0.25) is 0 Å². The molecule has 0 saturated heterocycles. The van der Waals surface area contributed by atoms with Crippen LogP contribution in [0.25, 0.3) is 0 Å². The average molecular weight is 96.1 g/mol. The predicted octanol–water partition coefficient (Wildman–Crippen LogP) is -0.0441. The minimum absolute atomic E-state index is 0.628. The van der Waals surface area contributed by atoms with Crippen LogP contribution in [-0.4, -0.2) is 19.3 Å². The Hall–Kier alpha value is -0.630. The first kappa shape index (κ1) is 4.53. The van der Waals surface area contributed by atoms with Gasteiger partial charge in [-0.15, -0.1) is 0 Å². The van der Waals surface area contributed by atoms with Crippen LogP contribution in [0.15, 0.2) is 16.6 Å². The lowest BCUT2D eigenvalue weighted by Crippen LogP contribution is -2.01. The highest BCUT2D eigenvalue weighted by atomic mass is 14.7. The Morgan fingerprint density at radius 2 is 2.71 bits per heavy atom. The molecule has 0 unspecified atom stereocenters. The van der Waals surface area contributed by atoms with Crippen molar-refractivity contribution in [3.05, 3.63) is 11.6 Å². The van der Waals surface area contributed by atoms with Crippen molar-refractivity contribution in [2.45, 2.75) is 0 Å². The summed E-state index contributed by atoms with van der Waals surface area (Å²) in [4.78, 5) is 3.94. The summed E-state index contributed by atoms with van der Waals surface area (Å²) in [5.74, 6) is 0. The van der Waals surface area contributed by atoms with Crippen molar-refractivity contribution < 1.29 is 0 Å². The molecular formula is C5H8N2. The summed E-state index contributed by atoms with van der Waals surface area (Å²) in [6.07, 6.45) is 3.85. The molecule has 0 aromatic rings. The number of hydrogen-bond donors (Lipinski definition) is 1. The molecule has 2 N–H and O–H groups in total. The highest BCUT2D eigenvalue weighted by molar-refractivity contribution is 5.81. The SMILES string of the molecule is NCC1=CCN=C1. The van der Waals surface area contributed by atoms with Gasteiger partial charge in [0.2, 0.25) is 0 Å². The molecule has 0 fully saturated rings. The second-order valence-corrected chi connectivity index (χ2v) is 1.48. The molecule has 1 rings (SSSR count). The molecule has 0 atom stereocenters. The van der Waals surface area contributed by atoms with Crippen molar-refractivity contribution in [2.24, 2.45) is 10.7 Å². The van der Waals surface area contributed by atoms with Gasteiger partial charge >= 0.3 is 0 Å². The number of nitrogens with two attached hydrogens (primary N) is 1. The summed E-state index contributed by atoms with van der Waals surface area (Å²) in [7, 11) is 0. The third-order valence-electron chi connectivity index (χ3n) is 0.952. The first-order valence-electron chi connectivity index (χ1n) is 2.32. The largest absolute Gasteiger partial charge is 0.326 e. The second kappa shape index (κ2) is 1.89. The number of rotatable bonds is 1. The molecule has 0 aliphatic carbocycles. The monoisotopic (exact) mass is 96.1 g/mol. The first-order chi connectivity index (χ1) is 3.43. The molecule has 0 amide bonds. The summed E-state index contributed by atoms with van der Waals surface area (Å²) >= 11 is 0. The van der Waals surface area contributed by atoms with Crippen molar-refractivity contribution >= 4 is 6.21 Å². The Morgan fingerprint density at radius 3 is 3.00 bits per heavy atom. The molecule has 38 valence electrons. The number of hydrogen-bond acceptors (Lipinski definition) is 2. The Kier molecular flexibility index (Phi) is 1.22. The summed E-state index contributed by atoms with van der Waals surface area (Å²) < 4.78 is 0. The smallest absolute Gasteiger partial charge is 0.0577 e. The molecule has 1 aliphatic heterocycles. The van der Waals surface area contributed by atoms with Gasteiger partial charge in [0.15, 0.2) is 0 Å². The normalized spacial score (nSPS) is 17.6. The first-order valence-corrected chi connectivity index (χ1v) is 2.32. The van der Waals surface area contributed by atoms with Crippen LogP contribution >= 0.6 is 0 Å². The lowest BCUT2D eigenvalue weighted by molar-refractivity contribution is 1.21. The van der Waals surface area contributed by atoms with Gasteiger partial charge in [0.25, 0.3) is 0 Å². The highest BCUT2D eigenvalue weighted by Gasteiger charge is 1.91. The summed E-state index contributed by atoms with van der Waals surface area (Å²) in [6, 6.07) is 0. The van der Waals surface area contributed by atoms with E-state index < -0.39 is 0 Å². The standard InChI is InChI=1S/C5H8N2/c6-3-5-1-2-7-4-5/h1,4H,2-3,6H2. The van der Waals surface area contributed by atoms with Crippen LogP contribution in [0.3, 0.4) is 0 Å². The summed E-state index contributed by atoms with van der Waals surface area (Å²) in [6.45, 7) is 1.45. The molecule has 0 saturated carbocycles. The van der Waals surface area contributed by atoms with Gasteiger partial charge < -0.3 is 5.73 Å². The van der Waals surface area contributed by atoms with Gasteiger partial charge in [-0.1, -0.05) is 6.08 Å². The molecule has 1 aliphatic rings. The highest BCUT2D eigenvalue weighted by Crippen LogP contribution is 1.93. The Balaban J connectivity index is 2.52. The van der Waals surface area contributed by atoms with Crippen molar-refractivity contribution in [1.29, 1.82) is 0 Å². The molecular weight excluding hydrogens is 88.1 g/mol. The maximum Gasteiger partial charge on any atom is 0.0577 e. The van der Waals surface area contributed by atoms with E-state index in [4.69, 9.17) is 5.73 Å². The third-order valence-corrected chi connectivity index (χ3v) is 0.952. The lowest BCUT2D eigenvalue weighted by Gasteiger charge is -1.82. The zero-order valence-electron chi connectivity index (χ0n) is 4.09. The molecule has 0 aromatic carbocycles. The van der Waals surface area contributed by atoms with E-state index in [1.807, 2.05) is 12.3 Å². The fourth-order valence-electron chi connectivity index (χ4n) is 0.529. The van der Waals surface area contributed by atoms with Crippen molar-refractivity contribution in [3.8, 4) is 0 Å². The van der Waals surface area contributed by atoms with Crippen LogP contribution in [0, 0.1) is 0 Å². The summed E-state index contributed by atoms with van der Waals surface area (Å²) in [5.41, 5.74) is 6.43. The second-order valence-electron chi connectivity index (χ2n) is 1.48. The van der Waals surface area contributed by atoms with Gasteiger partial charge in [-0.25, -0.2) is 0 Å². The van der Waals surface area contributed by atoms with E-state index in [9.17, 15) is 0 Å². The molecule has 0 spiro atoms. The molecule has 0 radical (unpaired) electrons. The minimum Gasteiger partial charge on any atom is -0.326 e. The number of aliphatic imine (C=N–C) groups is 1.